The Labute approximate surface area is 120 Å². The molecule has 1 fully saturated rings. The number of rotatable bonds is 5. The maximum Gasteiger partial charge on any atom is 0.0640 e. The number of hydrogen-bond donors (Lipinski definition) is 1. The van der Waals surface area contributed by atoms with Gasteiger partial charge in [0.25, 0.3) is 0 Å². The van der Waals surface area contributed by atoms with E-state index in [4.69, 9.17) is 23.2 Å². The Kier molecular flexibility index (Phi) is 5.35. The molecule has 1 atom stereocenters. The van der Waals surface area contributed by atoms with Gasteiger partial charge in [0.2, 0.25) is 0 Å². The van der Waals surface area contributed by atoms with E-state index in [0.29, 0.717) is 17.0 Å². The van der Waals surface area contributed by atoms with Gasteiger partial charge >= 0.3 is 0 Å². The molecule has 1 aromatic carbocycles. The first kappa shape index (κ1) is 14.2. The molecule has 1 aromatic rings. The van der Waals surface area contributed by atoms with Crippen molar-refractivity contribution in [2.24, 2.45) is 5.92 Å². The van der Waals surface area contributed by atoms with Crippen LogP contribution in [0.3, 0.4) is 0 Å². The first-order valence-electron chi connectivity index (χ1n) is 6.91. The van der Waals surface area contributed by atoms with Crippen LogP contribution in [-0.4, -0.2) is 6.54 Å². The molecule has 0 bridgehead atoms. The Balaban J connectivity index is 2.23. The Morgan fingerprint density at radius 3 is 2.67 bits per heavy atom. The van der Waals surface area contributed by atoms with Crippen molar-refractivity contribution < 1.29 is 0 Å². The van der Waals surface area contributed by atoms with E-state index in [2.05, 4.69) is 18.3 Å². The zero-order valence-corrected chi connectivity index (χ0v) is 12.4. The lowest BCUT2D eigenvalue weighted by atomic mass is 9.91. The maximum atomic E-state index is 6.37. The Morgan fingerprint density at radius 1 is 1.28 bits per heavy atom. The standard InChI is InChI=1S/C15H21Cl2N/c1-2-10-18-15(11-6-3-4-7-11)12-8-5-9-13(16)14(12)17/h5,8-9,11,15,18H,2-4,6-7,10H2,1H3. The van der Waals surface area contributed by atoms with E-state index >= 15 is 0 Å². The highest BCUT2D eigenvalue weighted by atomic mass is 35.5. The molecule has 1 N–H and O–H groups in total. The summed E-state index contributed by atoms with van der Waals surface area (Å²) in [6.07, 6.45) is 6.41. The lowest BCUT2D eigenvalue weighted by molar-refractivity contribution is 0.368. The van der Waals surface area contributed by atoms with Crippen molar-refractivity contribution in [1.82, 2.24) is 5.32 Å². The molecule has 0 aromatic heterocycles. The molecule has 0 heterocycles. The summed E-state index contributed by atoms with van der Waals surface area (Å²) in [6.45, 7) is 3.22. The fraction of sp³-hybridized carbons (Fsp3) is 0.600. The van der Waals surface area contributed by atoms with Gasteiger partial charge in [0.05, 0.1) is 10.0 Å². The summed E-state index contributed by atoms with van der Waals surface area (Å²) >= 11 is 12.5. The molecule has 0 saturated heterocycles. The Morgan fingerprint density at radius 2 is 2.00 bits per heavy atom. The lowest BCUT2D eigenvalue weighted by Gasteiger charge is -2.26. The van der Waals surface area contributed by atoms with Gasteiger partial charge < -0.3 is 5.32 Å². The van der Waals surface area contributed by atoms with Crippen LogP contribution in [0, 0.1) is 5.92 Å². The third-order valence-corrected chi connectivity index (χ3v) is 4.64. The molecule has 1 unspecified atom stereocenters. The maximum absolute atomic E-state index is 6.37. The Bertz CT molecular complexity index is 386. The second-order valence-electron chi connectivity index (χ2n) is 5.12. The fourth-order valence-corrected chi connectivity index (χ4v) is 3.31. The van der Waals surface area contributed by atoms with Gasteiger partial charge in [-0.15, -0.1) is 0 Å². The van der Waals surface area contributed by atoms with E-state index in [1.54, 1.807) is 0 Å². The molecule has 0 radical (unpaired) electrons. The van der Waals surface area contributed by atoms with Gasteiger partial charge in [-0.1, -0.05) is 55.1 Å². The van der Waals surface area contributed by atoms with Gasteiger partial charge in [0.15, 0.2) is 0 Å². The predicted octanol–water partition coefficient (Wildman–Crippen LogP) is 5.22. The van der Waals surface area contributed by atoms with Crippen molar-refractivity contribution >= 4 is 23.2 Å². The SMILES string of the molecule is CCCNC(c1cccc(Cl)c1Cl)C1CCCC1. The van der Waals surface area contributed by atoms with Crippen molar-refractivity contribution in [3.63, 3.8) is 0 Å². The van der Waals surface area contributed by atoms with Crippen LogP contribution < -0.4 is 5.32 Å². The highest BCUT2D eigenvalue weighted by molar-refractivity contribution is 6.42. The predicted molar refractivity (Wildman–Crippen MR) is 79.5 cm³/mol. The average Bonchev–Trinajstić information content (AvgIpc) is 2.88. The number of halogens is 2. The fourth-order valence-electron chi connectivity index (χ4n) is 2.88. The first-order valence-corrected chi connectivity index (χ1v) is 7.67. The zero-order valence-electron chi connectivity index (χ0n) is 10.9. The van der Waals surface area contributed by atoms with Gasteiger partial charge in [0.1, 0.15) is 0 Å². The number of hydrogen-bond acceptors (Lipinski definition) is 1. The van der Waals surface area contributed by atoms with Crippen molar-refractivity contribution in [2.75, 3.05) is 6.54 Å². The van der Waals surface area contributed by atoms with Gasteiger partial charge in [-0.25, -0.2) is 0 Å². The molecule has 1 nitrogen and oxygen atoms in total. The molecular weight excluding hydrogens is 265 g/mol. The number of benzene rings is 1. The van der Waals surface area contributed by atoms with E-state index < -0.39 is 0 Å². The van der Waals surface area contributed by atoms with Crippen molar-refractivity contribution in [3.8, 4) is 0 Å². The summed E-state index contributed by atoms with van der Waals surface area (Å²) in [5, 5.41) is 5.04. The van der Waals surface area contributed by atoms with E-state index in [9.17, 15) is 0 Å². The molecule has 2 rings (SSSR count). The van der Waals surface area contributed by atoms with Gasteiger partial charge in [-0.05, 0) is 43.4 Å². The molecule has 0 amide bonds. The minimum absolute atomic E-state index is 0.360. The highest BCUT2D eigenvalue weighted by Crippen LogP contribution is 2.39. The minimum atomic E-state index is 0.360. The van der Waals surface area contributed by atoms with E-state index in [1.807, 2.05) is 12.1 Å². The van der Waals surface area contributed by atoms with Crippen LogP contribution in [0.4, 0.5) is 0 Å². The van der Waals surface area contributed by atoms with Crippen molar-refractivity contribution in [1.29, 1.82) is 0 Å². The van der Waals surface area contributed by atoms with Gasteiger partial charge in [0, 0.05) is 6.04 Å². The van der Waals surface area contributed by atoms with E-state index in [1.165, 1.54) is 31.2 Å². The molecule has 0 aliphatic heterocycles. The third kappa shape index (κ3) is 3.20. The molecular formula is C15H21Cl2N. The van der Waals surface area contributed by atoms with Crippen LogP contribution in [0.25, 0.3) is 0 Å². The smallest absolute Gasteiger partial charge is 0.0640 e. The molecule has 100 valence electrons. The second-order valence-corrected chi connectivity index (χ2v) is 5.90. The lowest BCUT2D eigenvalue weighted by Crippen LogP contribution is -2.28. The highest BCUT2D eigenvalue weighted by Gasteiger charge is 2.27. The number of nitrogens with one attached hydrogen (secondary N) is 1. The monoisotopic (exact) mass is 285 g/mol. The summed E-state index contributed by atoms with van der Waals surface area (Å²) in [7, 11) is 0. The van der Waals surface area contributed by atoms with Crippen molar-refractivity contribution in [3.05, 3.63) is 33.8 Å². The van der Waals surface area contributed by atoms with Crippen LogP contribution >= 0.6 is 23.2 Å². The van der Waals surface area contributed by atoms with Crippen molar-refractivity contribution in [2.45, 2.75) is 45.1 Å². The molecule has 3 heteroatoms. The largest absolute Gasteiger partial charge is 0.310 e. The molecule has 0 spiro atoms. The van der Waals surface area contributed by atoms with Gasteiger partial charge in [-0.2, -0.15) is 0 Å². The van der Waals surface area contributed by atoms with Crippen LogP contribution in [0.15, 0.2) is 18.2 Å². The minimum Gasteiger partial charge on any atom is -0.310 e. The van der Waals surface area contributed by atoms with E-state index in [0.717, 1.165) is 18.0 Å². The second kappa shape index (κ2) is 6.79. The van der Waals surface area contributed by atoms with Crippen LogP contribution in [0.1, 0.15) is 50.6 Å². The van der Waals surface area contributed by atoms with E-state index in [-0.39, 0.29) is 0 Å². The third-order valence-electron chi connectivity index (χ3n) is 3.80. The molecule has 1 saturated carbocycles. The molecule has 1 aliphatic rings. The summed E-state index contributed by atoms with van der Waals surface area (Å²) in [5.41, 5.74) is 1.17. The van der Waals surface area contributed by atoms with Crippen LogP contribution in [0.2, 0.25) is 10.0 Å². The van der Waals surface area contributed by atoms with Gasteiger partial charge in [-0.3, -0.25) is 0 Å². The normalized spacial score (nSPS) is 18.2. The average molecular weight is 286 g/mol. The first-order chi connectivity index (χ1) is 8.74. The molecule has 1 aliphatic carbocycles. The zero-order chi connectivity index (χ0) is 13.0. The van der Waals surface area contributed by atoms with Crippen LogP contribution in [0.5, 0.6) is 0 Å². The summed E-state index contributed by atoms with van der Waals surface area (Å²) < 4.78 is 0. The topological polar surface area (TPSA) is 12.0 Å². The summed E-state index contributed by atoms with van der Waals surface area (Å²) in [4.78, 5) is 0. The van der Waals surface area contributed by atoms with Crippen LogP contribution in [-0.2, 0) is 0 Å². The molecule has 18 heavy (non-hydrogen) atoms. The Hall–Kier alpha value is -0.240. The summed E-state index contributed by atoms with van der Waals surface area (Å²) in [5.74, 6) is 0.701. The summed E-state index contributed by atoms with van der Waals surface area (Å²) in [6, 6.07) is 6.33. The quantitative estimate of drug-likeness (QED) is 0.782.